The molecule has 0 amide bonds. The van der Waals surface area contributed by atoms with Gasteiger partial charge in [-0.1, -0.05) is 25.4 Å². The molecule has 0 aromatic carbocycles. The zero-order chi connectivity index (χ0) is 14.3. The van der Waals surface area contributed by atoms with E-state index in [1.165, 1.54) is 0 Å². The van der Waals surface area contributed by atoms with Crippen LogP contribution < -0.4 is 5.32 Å². The van der Waals surface area contributed by atoms with Crippen molar-refractivity contribution >= 4 is 11.6 Å². The quantitative estimate of drug-likeness (QED) is 0.710. The number of hydrogen-bond donors (Lipinski definition) is 1. The van der Waals surface area contributed by atoms with Crippen LogP contribution in [0.1, 0.15) is 38.1 Å². The number of nitrogens with one attached hydrogen (secondary N) is 1. The Kier molecular flexibility index (Phi) is 7.42. The van der Waals surface area contributed by atoms with Gasteiger partial charge in [0.15, 0.2) is 0 Å². The number of likely N-dealkylation sites (N-methyl/N-ethyl adjacent to an activating group) is 1. The predicted molar refractivity (Wildman–Crippen MR) is 79.9 cm³/mol. The van der Waals surface area contributed by atoms with E-state index in [2.05, 4.69) is 24.3 Å². The van der Waals surface area contributed by atoms with Crippen LogP contribution in [0.5, 0.6) is 0 Å². The third-order valence-corrected chi connectivity index (χ3v) is 3.64. The standard InChI is InChI=1S/C14H26ClN3O/c1-5-8-19-9-7-12(16-6-2)10-13-14(15)11(3)17-18(13)4/h12,16H,5-10H2,1-4H3. The van der Waals surface area contributed by atoms with Gasteiger partial charge in [0.2, 0.25) is 0 Å². The first-order valence-corrected chi connectivity index (χ1v) is 7.47. The van der Waals surface area contributed by atoms with E-state index in [1.807, 2.05) is 18.7 Å². The summed E-state index contributed by atoms with van der Waals surface area (Å²) >= 11 is 6.30. The van der Waals surface area contributed by atoms with Gasteiger partial charge in [-0.3, -0.25) is 4.68 Å². The van der Waals surface area contributed by atoms with Crippen LogP contribution in [0.25, 0.3) is 0 Å². The second kappa shape index (κ2) is 8.56. The van der Waals surface area contributed by atoms with Crippen LogP contribution in [0.4, 0.5) is 0 Å². The van der Waals surface area contributed by atoms with Crippen molar-refractivity contribution in [1.29, 1.82) is 0 Å². The van der Waals surface area contributed by atoms with E-state index in [0.717, 1.165) is 55.4 Å². The Morgan fingerprint density at radius 1 is 1.37 bits per heavy atom. The third-order valence-electron chi connectivity index (χ3n) is 3.15. The van der Waals surface area contributed by atoms with Gasteiger partial charge in [0, 0.05) is 32.7 Å². The predicted octanol–water partition coefficient (Wildman–Crippen LogP) is 2.72. The van der Waals surface area contributed by atoms with Gasteiger partial charge < -0.3 is 10.1 Å². The van der Waals surface area contributed by atoms with Gasteiger partial charge in [0.1, 0.15) is 0 Å². The molecule has 110 valence electrons. The second-order valence-electron chi connectivity index (χ2n) is 4.83. The molecule has 1 aromatic rings. The molecule has 0 aliphatic heterocycles. The maximum absolute atomic E-state index is 6.30. The van der Waals surface area contributed by atoms with Crippen molar-refractivity contribution in [3.05, 3.63) is 16.4 Å². The largest absolute Gasteiger partial charge is 0.381 e. The van der Waals surface area contributed by atoms with Crippen LogP contribution in [0.15, 0.2) is 0 Å². The highest BCUT2D eigenvalue weighted by molar-refractivity contribution is 6.31. The van der Waals surface area contributed by atoms with Crippen LogP contribution in [0, 0.1) is 6.92 Å². The Hall–Kier alpha value is -0.580. The number of nitrogens with zero attached hydrogens (tertiary/aromatic N) is 2. The van der Waals surface area contributed by atoms with Crippen LogP contribution in [0.3, 0.4) is 0 Å². The summed E-state index contributed by atoms with van der Waals surface area (Å²) in [5.74, 6) is 0. The molecule has 0 aliphatic rings. The molecule has 1 aromatic heterocycles. The topological polar surface area (TPSA) is 39.1 Å². The normalized spacial score (nSPS) is 12.9. The molecule has 0 radical (unpaired) electrons. The molecule has 0 spiro atoms. The van der Waals surface area contributed by atoms with Gasteiger partial charge in [-0.15, -0.1) is 0 Å². The number of ether oxygens (including phenoxy) is 1. The Morgan fingerprint density at radius 2 is 2.11 bits per heavy atom. The van der Waals surface area contributed by atoms with Crippen molar-refractivity contribution in [2.75, 3.05) is 19.8 Å². The van der Waals surface area contributed by atoms with E-state index in [0.29, 0.717) is 6.04 Å². The van der Waals surface area contributed by atoms with Gasteiger partial charge >= 0.3 is 0 Å². The lowest BCUT2D eigenvalue weighted by Crippen LogP contribution is -2.33. The molecular formula is C14H26ClN3O. The molecule has 1 unspecified atom stereocenters. The maximum atomic E-state index is 6.30. The molecule has 19 heavy (non-hydrogen) atoms. The van der Waals surface area contributed by atoms with Crippen molar-refractivity contribution in [3.63, 3.8) is 0 Å². The molecule has 1 N–H and O–H groups in total. The molecule has 1 atom stereocenters. The smallest absolute Gasteiger partial charge is 0.0847 e. The Bertz CT molecular complexity index is 379. The lowest BCUT2D eigenvalue weighted by atomic mass is 10.1. The highest BCUT2D eigenvalue weighted by atomic mass is 35.5. The fourth-order valence-corrected chi connectivity index (χ4v) is 2.41. The van der Waals surface area contributed by atoms with Crippen molar-refractivity contribution in [1.82, 2.24) is 15.1 Å². The average molecular weight is 288 g/mol. The number of rotatable bonds is 9. The van der Waals surface area contributed by atoms with E-state index in [4.69, 9.17) is 16.3 Å². The molecule has 4 nitrogen and oxygen atoms in total. The van der Waals surface area contributed by atoms with Crippen molar-refractivity contribution < 1.29 is 4.74 Å². The van der Waals surface area contributed by atoms with Gasteiger partial charge in [-0.2, -0.15) is 5.10 Å². The summed E-state index contributed by atoms with van der Waals surface area (Å²) < 4.78 is 7.45. The van der Waals surface area contributed by atoms with E-state index in [-0.39, 0.29) is 0 Å². The van der Waals surface area contributed by atoms with Crippen molar-refractivity contribution in [3.8, 4) is 0 Å². The summed E-state index contributed by atoms with van der Waals surface area (Å²) in [6, 6.07) is 0.383. The van der Waals surface area contributed by atoms with Gasteiger partial charge in [0.05, 0.1) is 16.4 Å². The summed E-state index contributed by atoms with van der Waals surface area (Å²) in [6.45, 7) is 8.77. The Balaban J connectivity index is 2.56. The summed E-state index contributed by atoms with van der Waals surface area (Å²) in [5, 5.41) is 8.64. The zero-order valence-electron chi connectivity index (χ0n) is 12.5. The van der Waals surface area contributed by atoms with Crippen LogP contribution in [0.2, 0.25) is 5.02 Å². The molecule has 0 saturated carbocycles. The summed E-state index contributed by atoms with van der Waals surface area (Å²) in [5.41, 5.74) is 2.00. The summed E-state index contributed by atoms with van der Waals surface area (Å²) in [7, 11) is 1.95. The fraction of sp³-hybridized carbons (Fsp3) is 0.786. The number of aryl methyl sites for hydroxylation is 2. The van der Waals surface area contributed by atoms with Gasteiger partial charge in [-0.05, 0) is 26.3 Å². The average Bonchev–Trinajstić information content (AvgIpc) is 2.61. The minimum atomic E-state index is 0.383. The van der Waals surface area contributed by atoms with Crippen LogP contribution in [-0.2, 0) is 18.2 Å². The molecule has 0 saturated heterocycles. The lowest BCUT2D eigenvalue weighted by Gasteiger charge is -2.18. The number of hydrogen-bond acceptors (Lipinski definition) is 3. The molecule has 0 aliphatic carbocycles. The molecular weight excluding hydrogens is 262 g/mol. The second-order valence-corrected chi connectivity index (χ2v) is 5.21. The lowest BCUT2D eigenvalue weighted by molar-refractivity contribution is 0.124. The minimum Gasteiger partial charge on any atom is -0.381 e. The van der Waals surface area contributed by atoms with Gasteiger partial charge in [-0.25, -0.2) is 0 Å². The highest BCUT2D eigenvalue weighted by Crippen LogP contribution is 2.21. The molecule has 1 rings (SSSR count). The zero-order valence-corrected chi connectivity index (χ0v) is 13.3. The molecule has 0 fully saturated rings. The first-order chi connectivity index (χ1) is 9.10. The van der Waals surface area contributed by atoms with Gasteiger partial charge in [0.25, 0.3) is 0 Å². The first-order valence-electron chi connectivity index (χ1n) is 7.09. The Morgan fingerprint density at radius 3 is 2.63 bits per heavy atom. The number of halogens is 1. The van der Waals surface area contributed by atoms with Crippen LogP contribution >= 0.6 is 11.6 Å². The summed E-state index contributed by atoms with van der Waals surface area (Å²) in [4.78, 5) is 0. The van der Waals surface area contributed by atoms with Crippen LogP contribution in [-0.4, -0.2) is 35.6 Å². The van der Waals surface area contributed by atoms with E-state index in [1.54, 1.807) is 0 Å². The van der Waals surface area contributed by atoms with E-state index in [9.17, 15) is 0 Å². The van der Waals surface area contributed by atoms with Crippen molar-refractivity contribution in [2.45, 2.75) is 46.1 Å². The monoisotopic (exact) mass is 287 g/mol. The minimum absolute atomic E-state index is 0.383. The number of aromatic nitrogens is 2. The first kappa shape index (κ1) is 16.5. The van der Waals surface area contributed by atoms with E-state index < -0.39 is 0 Å². The fourth-order valence-electron chi connectivity index (χ4n) is 2.17. The Labute approximate surface area is 121 Å². The molecule has 5 heteroatoms. The summed E-state index contributed by atoms with van der Waals surface area (Å²) in [6.07, 6.45) is 2.95. The maximum Gasteiger partial charge on any atom is 0.0847 e. The van der Waals surface area contributed by atoms with E-state index >= 15 is 0 Å². The highest BCUT2D eigenvalue weighted by Gasteiger charge is 2.16. The van der Waals surface area contributed by atoms with Crippen molar-refractivity contribution in [2.24, 2.45) is 7.05 Å². The molecule has 1 heterocycles. The molecule has 0 bridgehead atoms. The third kappa shape index (κ3) is 5.13. The SMILES string of the molecule is CCCOCCC(Cc1c(Cl)c(C)nn1C)NCC.